The average molecular weight is 656 g/mol. The summed E-state index contributed by atoms with van der Waals surface area (Å²) in [5.74, 6) is -0.865. The minimum absolute atomic E-state index is 0.0629. The van der Waals surface area contributed by atoms with E-state index in [4.69, 9.17) is 47.6 Å². The summed E-state index contributed by atoms with van der Waals surface area (Å²) in [6.07, 6.45) is -13.9. The van der Waals surface area contributed by atoms with Gasteiger partial charge in [-0.3, -0.25) is 4.79 Å². The van der Waals surface area contributed by atoms with E-state index in [0.717, 1.165) is 0 Å². The number of nitrogens with two attached hydrogens (primary N) is 5. The summed E-state index contributed by atoms with van der Waals surface area (Å²) in [6, 6.07) is -4.10. The molecule has 1 saturated carbocycles. The molecule has 3 aliphatic rings. The number of hydrogen-bond acceptors (Lipinski definition) is 18. The van der Waals surface area contributed by atoms with Gasteiger partial charge < -0.3 is 94.0 Å². The van der Waals surface area contributed by atoms with E-state index < -0.39 is 110 Å². The number of carbonyl (C=O) groups is 1. The monoisotopic (exact) mass is 655 g/mol. The van der Waals surface area contributed by atoms with Crippen molar-refractivity contribution in [2.24, 2.45) is 28.7 Å². The zero-order valence-corrected chi connectivity index (χ0v) is 25.2. The minimum atomic E-state index is -1.61. The Balaban J connectivity index is 1.75. The molecule has 2 saturated heterocycles. The minimum Gasteiger partial charge on any atom is -0.394 e. The molecule has 19 nitrogen and oxygen atoms in total. The molecule has 0 radical (unpaired) electrons. The van der Waals surface area contributed by atoms with Crippen LogP contribution in [0.2, 0.25) is 0 Å². The first-order chi connectivity index (χ1) is 21.3. The van der Waals surface area contributed by atoms with Crippen LogP contribution in [0.25, 0.3) is 0 Å². The Hall–Kier alpha value is -1.21. The molecule has 0 aromatic heterocycles. The Morgan fingerprint density at radius 1 is 0.889 bits per heavy atom. The van der Waals surface area contributed by atoms with Crippen LogP contribution in [0, 0.1) is 0 Å². The number of carbonyl (C=O) groups excluding carboxylic acids is 1. The molecule has 1 aliphatic carbocycles. The van der Waals surface area contributed by atoms with Crippen LogP contribution >= 0.6 is 0 Å². The fourth-order valence-corrected chi connectivity index (χ4v) is 5.73. The molecule has 1 amide bonds. The van der Waals surface area contributed by atoms with Crippen molar-refractivity contribution >= 4 is 5.91 Å². The van der Waals surface area contributed by atoms with Gasteiger partial charge in [-0.05, 0) is 32.2 Å². The molecule has 1 unspecified atom stereocenters. The van der Waals surface area contributed by atoms with E-state index in [1.54, 1.807) is 0 Å². The highest BCUT2D eigenvalue weighted by Gasteiger charge is 2.51. The van der Waals surface area contributed by atoms with Gasteiger partial charge in [0.1, 0.15) is 42.7 Å². The normalized spacial score (nSPS) is 42.2. The van der Waals surface area contributed by atoms with Gasteiger partial charge in [-0.1, -0.05) is 0 Å². The fraction of sp³-hybridized carbons (Fsp3) is 0.962. The molecule has 3 fully saturated rings. The molecule has 0 bridgehead atoms. The van der Waals surface area contributed by atoms with Gasteiger partial charge in [0, 0.05) is 25.7 Å². The molecule has 3 rings (SSSR count). The van der Waals surface area contributed by atoms with Crippen LogP contribution in [0.5, 0.6) is 0 Å². The highest BCUT2D eigenvalue weighted by Crippen LogP contribution is 2.31. The highest BCUT2D eigenvalue weighted by atomic mass is 16.7. The first-order valence-corrected chi connectivity index (χ1v) is 15.3. The summed E-state index contributed by atoms with van der Waals surface area (Å²) in [5.41, 5.74) is 29.4. The number of ether oxygens (including phenoxy) is 4. The molecule has 264 valence electrons. The Morgan fingerprint density at radius 3 is 2.20 bits per heavy atom. The second-order valence-electron chi connectivity index (χ2n) is 12.0. The quantitative estimate of drug-likeness (QED) is 0.0778. The number of rotatable bonds is 15. The van der Waals surface area contributed by atoms with Crippen molar-refractivity contribution in [2.75, 3.05) is 32.8 Å². The van der Waals surface area contributed by atoms with Crippen LogP contribution in [-0.4, -0.2) is 172 Å². The van der Waals surface area contributed by atoms with E-state index in [9.17, 15) is 40.5 Å². The first kappa shape index (κ1) is 38.2. The van der Waals surface area contributed by atoms with E-state index >= 15 is 0 Å². The molecule has 45 heavy (non-hydrogen) atoms. The maximum absolute atomic E-state index is 12.5. The standard InChI is InChI=1S/C26H53N7O12/c27-3-1-2-10(35)7-32-8-16-14(36)5-12(30)25(42-16)44-22-11(29)4-13(33-24(41)15(37)6-28)23(21(22)40)45-26-20(39)18(31)19(38)17(9-34)43-26/h10-23,25-26,32,34-40H,1-9,27-31H2,(H,33,41)/t10?,11-,12+,13+,14-,15-,16+,17+,18-,19+,20+,21-,22+,23-,25+,26+/m0/s1. The number of nitrogens with one attached hydrogen (secondary N) is 2. The van der Waals surface area contributed by atoms with Crippen LogP contribution in [0.4, 0.5) is 0 Å². The summed E-state index contributed by atoms with van der Waals surface area (Å²) in [6.45, 7) is -0.180. The van der Waals surface area contributed by atoms with E-state index in [0.29, 0.717) is 19.4 Å². The van der Waals surface area contributed by atoms with E-state index in [-0.39, 0.29) is 32.5 Å². The van der Waals surface area contributed by atoms with Crippen molar-refractivity contribution < 1.29 is 59.5 Å². The predicted molar refractivity (Wildman–Crippen MR) is 155 cm³/mol. The lowest BCUT2D eigenvalue weighted by Crippen LogP contribution is -2.69. The molecular formula is C26H53N7O12. The van der Waals surface area contributed by atoms with Gasteiger partial charge in [-0.2, -0.15) is 0 Å². The van der Waals surface area contributed by atoms with Crippen LogP contribution in [0.1, 0.15) is 25.7 Å². The molecule has 19 heteroatoms. The third kappa shape index (κ3) is 9.90. The second kappa shape index (κ2) is 17.8. The third-order valence-electron chi connectivity index (χ3n) is 8.46. The zero-order chi connectivity index (χ0) is 33.4. The maximum Gasteiger partial charge on any atom is 0.250 e. The van der Waals surface area contributed by atoms with Gasteiger partial charge >= 0.3 is 0 Å². The van der Waals surface area contributed by atoms with Crippen molar-refractivity contribution in [1.29, 1.82) is 0 Å². The Bertz CT molecular complexity index is 899. The molecule has 0 aromatic carbocycles. The smallest absolute Gasteiger partial charge is 0.250 e. The maximum atomic E-state index is 12.5. The van der Waals surface area contributed by atoms with Crippen molar-refractivity contribution in [3.63, 3.8) is 0 Å². The molecule has 0 spiro atoms. The van der Waals surface area contributed by atoms with Gasteiger partial charge in [0.2, 0.25) is 5.91 Å². The lowest BCUT2D eigenvalue weighted by atomic mass is 9.83. The topological polar surface area (TPSA) is 350 Å². The summed E-state index contributed by atoms with van der Waals surface area (Å²) < 4.78 is 23.5. The lowest BCUT2D eigenvalue weighted by molar-refractivity contribution is -0.316. The van der Waals surface area contributed by atoms with Crippen molar-refractivity contribution in [1.82, 2.24) is 10.6 Å². The van der Waals surface area contributed by atoms with Gasteiger partial charge in [-0.15, -0.1) is 0 Å². The van der Waals surface area contributed by atoms with Crippen LogP contribution < -0.4 is 39.3 Å². The molecule has 0 aromatic rings. The second-order valence-corrected chi connectivity index (χ2v) is 12.0. The third-order valence-corrected chi connectivity index (χ3v) is 8.46. The Kier molecular flexibility index (Phi) is 15.1. The van der Waals surface area contributed by atoms with E-state index in [1.165, 1.54) is 0 Å². The van der Waals surface area contributed by atoms with E-state index in [1.807, 2.05) is 0 Å². The summed E-state index contributed by atoms with van der Waals surface area (Å²) >= 11 is 0. The summed E-state index contributed by atoms with van der Waals surface area (Å²) in [5, 5.41) is 78.1. The number of aliphatic hydroxyl groups excluding tert-OH is 7. The fourth-order valence-electron chi connectivity index (χ4n) is 5.73. The SMILES string of the molecule is NCCCC(O)CNC[C@H]1O[C@H](O[C@H]2[C@H](O)[C@@H](O[C@H]3O[C@H](CO)[C@@H](O)[C@H](N)[C@H]3O)[C@H](NC(=O)[C@@H](O)CN)C[C@@H]2N)[C@H](N)C[C@@H]1O. The highest BCUT2D eigenvalue weighted by molar-refractivity contribution is 5.81. The first-order valence-electron chi connectivity index (χ1n) is 15.3. The van der Waals surface area contributed by atoms with Crippen LogP contribution in [-0.2, 0) is 23.7 Å². The summed E-state index contributed by atoms with van der Waals surface area (Å²) in [7, 11) is 0. The van der Waals surface area contributed by atoms with Crippen LogP contribution in [0.15, 0.2) is 0 Å². The van der Waals surface area contributed by atoms with Crippen molar-refractivity contribution in [3.05, 3.63) is 0 Å². The Morgan fingerprint density at radius 2 is 1.56 bits per heavy atom. The zero-order valence-electron chi connectivity index (χ0n) is 25.2. The Labute approximate surface area is 261 Å². The molecule has 2 aliphatic heterocycles. The van der Waals surface area contributed by atoms with Gasteiger partial charge in [0.25, 0.3) is 0 Å². The summed E-state index contributed by atoms with van der Waals surface area (Å²) in [4.78, 5) is 12.5. The van der Waals surface area contributed by atoms with E-state index in [2.05, 4.69) is 10.6 Å². The number of aliphatic hydroxyl groups is 7. The van der Waals surface area contributed by atoms with Crippen molar-refractivity contribution in [2.45, 2.75) is 123 Å². The molecular weight excluding hydrogens is 602 g/mol. The largest absolute Gasteiger partial charge is 0.394 e. The molecule has 19 N–H and O–H groups in total. The van der Waals surface area contributed by atoms with Gasteiger partial charge in [-0.25, -0.2) is 0 Å². The number of hydrogen-bond donors (Lipinski definition) is 14. The molecule has 2 heterocycles. The predicted octanol–water partition coefficient (Wildman–Crippen LogP) is -8.09. The van der Waals surface area contributed by atoms with Gasteiger partial charge in [0.15, 0.2) is 12.6 Å². The molecule has 16 atom stereocenters. The van der Waals surface area contributed by atoms with Gasteiger partial charge in [0.05, 0.1) is 43.0 Å². The average Bonchev–Trinajstić information content (AvgIpc) is 3.01. The number of amides is 1. The van der Waals surface area contributed by atoms with Crippen molar-refractivity contribution in [3.8, 4) is 0 Å². The lowest BCUT2D eigenvalue weighted by Gasteiger charge is -2.48. The van der Waals surface area contributed by atoms with Crippen LogP contribution in [0.3, 0.4) is 0 Å².